The van der Waals surface area contributed by atoms with Gasteiger partial charge in [-0.25, -0.2) is 4.98 Å². The molecular formula is C21H24N4O. The number of rotatable bonds is 4. The molecule has 4 rings (SSSR count). The van der Waals surface area contributed by atoms with E-state index in [1.165, 1.54) is 5.52 Å². The van der Waals surface area contributed by atoms with Gasteiger partial charge in [0.2, 0.25) is 5.91 Å². The number of nitrogens with one attached hydrogen (secondary N) is 1. The molecule has 2 heterocycles. The van der Waals surface area contributed by atoms with Crippen LogP contribution in [0.4, 0.5) is 11.4 Å². The first-order valence-electron chi connectivity index (χ1n) is 9.19. The molecule has 0 atom stereocenters. The lowest BCUT2D eigenvalue weighted by Crippen LogP contribution is -2.33. The van der Waals surface area contributed by atoms with E-state index in [0.29, 0.717) is 12.3 Å². The van der Waals surface area contributed by atoms with Gasteiger partial charge >= 0.3 is 0 Å². The molecule has 1 aliphatic heterocycles. The Labute approximate surface area is 153 Å². The minimum atomic E-state index is 0.0672. The second-order valence-corrected chi connectivity index (χ2v) is 7.29. The fourth-order valence-electron chi connectivity index (χ4n) is 3.55. The molecule has 5 heteroatoms. The number of carbonyl (C=O) groups excluding carboxylic acids is 1. The van der Waals surface area contributed by atoms with Crippen molar-refractivity contribution in [2.24, 2.45) is 5.92 Å². The molecule has 0 aliphatic carbocycles. The maximum Gasteiger partial charge on any atom is 0.224 e. The molecule has 1 aromatic heterocycles. The summed E-state index contributed by atoms with van der Waals surface area (Å²) in [5, 5.41) is 3.01. The van der Waals surface area contributed by atoms with E-state index in [2.05, 4.69) is 59.0 Å². The van der Waals surface area contributed by atoms with E-state index < -0.39 is 0 Å². The van der Waals surface area contributed by atoms with Gasteiger partial charge in [0.1, 0.15) is 5.82 Å². The van der Waals surface area contributed by atoms with E-state index >= 15 is 0 Å². The van der Waals surface area contributed by atoms with Crippen molar-refractivity contribution in [1.82, 2.24) is 9.55 Å². The highest BCUT2D eigenvalue weighted by Gasteiger charge is 2.20. The van der Waals surface area contributed by atoms with Gasteiger partial charge in [-0.3, -0.25) is 4.79 Å². The number of hydrogen-bond donors (Lipinski definition) is 1. The number of amides is 1. The molecule has 5 nitrogen and oxygen atoms in total. The second kappa shape index (κ2) is 6.83. The normalized spacial score (nSPS) is 13.9. The third-order valence-corrected chi connectivity index (χ3v) is 4.75. The predicted molar refractivity (Wildman–Crippen MR) is 105 cm³/mol. The molecule has 0 fully saturated rings. The summed E-state index contributed by atoms with van der Waals surface area (Å²) in [6.45, 7) is 6.72. The van der Waals surface area contributed by atoms with Crippen LogP contribution in [-0.4, -0.2) is 22.0 Å². The van der Waals surface area contributed by atoms with Gasteiger partial charge in [0.15, 0.2) is 0 Å². The molecule has 2 aromatic carbocycles. The Balaban J connectivity index is 1.53. The van der Waals surface area contributed by atoms with Crippen molar-refractivity contribution in [2.45, 2.75) is 33.4 Å². The lowest BCUT2D eigenvalue weighted by Gasteiger charge is -2.30. The van der Waals surface area contributed by atoms with Gasteiger partial charge in [-0.15, -0.1) is 0 Å². The summed E-state index contributed by atoms with van der Waals surface area (Å²) in [6.07, 6.45) is 0.540. The Kier molecular flexibility index (Phi) is 4.37. The number of fused-ring (bicyclic) bond motifs is 3. The molecule has 0 saturated heterocycles. The van der Waals surface area contributed by atoms with Gasteiger partial charge < -0.3 is 14.8 Å². The lowest BCUT2D eigenvalue weighted by molar-refractivity contribution is -0.116. The average Bonchev–Trinajstić information content (AvgIpc) is 2.99. The molecule has 3 aromatic rings. The maximum absolute atomic E-state index is 12.0. The van der Waals surface area contributed by atoms with E-state index in [4.69, 9.17) is 4.98 Å². The van der Waals surface area contributed by atoms with Crippen molar-refractivity contribution in [3.63, 3.8) is 0 Å². The number of carbonyl (C=O) groups is 1. The second-order valence-electron chi connectivity index (χ2n) is 7.29. The summed E-state index contributed by atoms with van der Waals surface area (Å²) in [5.41, 5.74) is 4.23. The zero-order valence-corrected chi connectivity index (χ0v) is 15.3. The van der Waals surface area contributed by atoms with Crippen LogP contribution in [0.1, 0.15) is 26.1 Å². The predicted octanol–water partition coefficient (Wildman–Crippen LogP) is 4.04. The Morgan fingerprint density at radius 1 is 1.15 bits per heavy atom. The average molecular weight is 348 g/mol. The van der Waals surface area contributed by atoms with E-state index in [1.807, 2.05) is 18.2 Å². The van der Waals surface area contributed by atoms with Crippen LogP contribution in [0.3, 0.4) is 0 Å². The van der Waals surface area contributed by atoms with Crippen LogP contribution in [0.15, 0.2) is 48.5 Å². The fraction of sp³-hybridized carbons (Fsp3) is 0.333. The number of para-hydroxylation sites is 2. The van der Waals surface area contributed by atoms with Gasteiger partial charge in [0.05, 0.1) is 17.6 Å². The Morgan fingerprint density at radius 3 is 2.85 bits per heavy atom. The largest absolute Gasteiger partial charge is 0.362 e. The highest BCUT2D eigenvalue weighted by molar-refractivity contribution is 5.91. The number of imidazole rings is 1. The van der Waals surface area contributed by atoms with Crippen LogP contribution in [0.2, 0.25) is 0 Å². The van der Waals surface area contributed by atoms with E-state index in [1.54, 1.807) is 0 Å². The van der Waals surface area contributed by atoms with Gasteiger partial charge in [-0.2, -0.15) is 0 Å². The molecule has 0 bridgehead atoms. The summed E-state index contributed by atoms with van der Waals surface area (Å²) >= 11 is 0. The number of nitrogens with zero attached hydrogens (tertiary/aromatic N) is 3. The first-order valence-corrected chi connectivity index (χ1v) is 9.19. The van der Waals surface area contributed by atoms with Gasteiger partial charge in [-0.05, 0) is 36.2 Å². The van der Waals surface area contributed by atoms with Crippen LogP contribution < -0.4 is 10.2 Å². The Bertz CT molecular complexity index is 944. The van der Waals surface area contributed by atoms with Crippen molar-refractivity contribution in [2.75, 3.05) is 16.8 Å². The molecule has 134 valence electrons. The summed E-state index contributed by atoms with van der Waals surface area (Å²) in [4.78, 5) is 19.1. The molecule has 26 heavy (non-hydrogen) atoms. The highest BCUT2D eigenvalue weighted by Crippen LogP contribution is 2.26. The number of anilines is 2. The summed E-state index contributed by atoms with van der Waals surface area (Å²) in [7, 11) is 0. The third kappa shape index (κ3) is 3.29. The zero-order chi connectivity index (χ0) is 18.1. The molecule has 1 amide bonds. The first kappa shape index (κ1) is 16.6. The topological polar surface area (TPSA) is 50.2 Å². The van der Waals surface area contributed by atoms with Crippen molar-refractivity contribution >= 4 is 28.3 Å². The van der Waals surface area contributed by atoms with E-state index in [9.17, 15) is 4.79 Å². The zero-order valence-electron chi connectivity index (χ0n) is 15.3. The summed E-state index contributed by atoms with van der Waals surface area (Å²) in [5.74, 6) is 1.51. The Hall–Kier alpha value is -2.82. The quantitative estimate of drug-likeness (QED) is 0.774. The lowest BCUT2D eigenvalue weighted by atomic mass is 10.1. The Morgan fingerprint density at radius 2 is 2.00 bits per heavy atom. The molecular weight excluding hydrogens is 324 g/mol. The molecule has 0 radical (unpaired) electrons. The smallest absolute Gasteiger partial charge is 0.224 e. The van der Waals surface area contributed by atoms with Crippen molar-refractivity contribution in [1.29, 1.82) is 0 Å². The van der Waals surface area contributed by atoms with Gasteiger partial charge in [0.25, 0.3) is 0 Å². The monoisotopic (exact) mass is 348 g/mol. The summed E-state index contributed by atoms with van der Waals surface area (Å²) < 4.78 is 2.31. The molecule has 0 spiro atoms. The van der Waals surface area contributed by atoms with Crippen molar-refractivity contribution < 1.29 is 4.79 Å². The number of hydrogen-bond acceptors (Lipinski definition) is 3. The molecule has 0 unspecified atom stereocenters. The van der Waals surface area contributed by atoms with Crippen molar-refractivity contribution in [3.8, 4) is 0 Å². The van der Waals surface area contributed by atoms with Crippen LogP contribution in [0.25, 0.3) is 11.0 Å². The SMILES string of the molecule is CC(C)CC(=O)Nc1cccc(N2CCn3c(nc4ccccc43)C2)c1. The maximum atomic E-state index is 12.0. The molecule has 1 N–H and O–H groups in total. The summed E-state index contributed by atoms with van der Waals surface area (Å²) in [6, 6.07) is 16.4. The van der Waals surface area contributed by atoms with Gasteiger partial charge in [-0.1, -0.05) is 32.0 Å². The highest BCUT2D eigenvalue weighted by atomic mass is 16.1. The number of aromatic nitrogens is 2. The van der Waals surface area contributed by atoms with Crippen LogP contribution in [0.5, 0.6) is 0 Å². The minimum Gasteiger partial charge on any atom is -0.362 e. The van der Waals surface area contributed by atoms with Crippen LogP contribution in [0, 0.1) is 5.92 Å². The standard InChI is InChI=1S/C21H24N4O/c1-15(2)12-21(26)22-16-6-5-7-17(13-16)24-10-11-25-19-9-4-3-8-18(19)23-20(25)14-24/h3-9,13,15H,10-12,14H2,1-2H3,(H,22,26). The van der Waals surface area contributed by atoms with Crippen molar-refractivity contribution in [3.05, 3.63) is 54.4 Å². The van der Waals surface area contributed by atoms with E-state index in [-0.39, 0.29) is 5.91 Å². The minimum absolute atomic E-state index is 0.0672. The van der Waals surface area contributed by atoms with E-state index in [0.717, 1.165) is 42.4 Å². The first-order chi connectivity index (χ1) is 12.6. The fourth-order valence-corrected chi connectivity index (χ4v) is 3.55. The third-order valence-electron chi connectivity index (χ3n) is 4.75. The van der Waals surface area contributed by atoms with Gasteiger partial charge in [0, 0.05) is 30.9 Å². The molecule has 1 aliphatic rings. The van der Waals surface area contributed by atoms with Crippen LogP contribution in [-0.2, 0) is 17.9 Å². The number of benzene rings is 2. The van der Waals surface area contributed by atoms with Crippen LogP contribution >= 0.6 is 0 Å². The molecule has 0 saturated carbocycles.